The van der Waals surface area contributed by atoms with Gasteiger partial charge in [0, 0.05) is 5.56 Å². The predicted molar refractivity (Wildman–Crippen MR) is 66.4 cm³/mol. The Labute approximate surface area is 97.5 Å². The Bertz CT molecular complexity index is 265. The van der Waals surface area contributed by atoms with Crippen LogP contribution in [0.1, 0.15) is 44.0 Å². The van der Waals surface area contributed by atoms with Crippen molar-refractivity contribution in [2.24, 2.45) is 5.92 Å². The van der Waals surface area contributed by atoms with Gasteiger partial charge < -0.3 is 0 Å². The van der Waals surface area contributed by atoms with E-state index in [1.807, 2.05) is 6.07 Å². The van der Waals surface area contributed by atoms with Gasteiger partial charge in [0.15, 0.2) is 0 Å². The number of benzene rings is 1. The van der Waals surface area contributed by atoms with E-state index in [9.17, 15) is 4.79 Å². The highest BCUT2D eigenvalue weighted by Crippen LogP contribution is 2.03. The van der Waals surface area contributed by atoms with E-state index in [1.54, 1.807) is 24.3 Å². The molecule has 0 saturated carbocycles. The molecular formula is C13H19ClO. The quantitative estimate of drug-likeness (QED) is 0.694. The lowest BCUT2D eigenvalue weighted by atomic mass is 10.1. The first-order valence-corrected chi connectivity index (χ1v) is 5.74. The first-order chi connectivity index (χ1) is 7.11. The van der Waals surface area contributed by atoms with E-state index in [1.165, 1.54) is 12.8 Å². The summed E-state index contributed by atoms with van der Waals surface area (Å²) < 4.78 is 0. The Morgan fingerprint density at radius 3 is 1.87 bits per heavy atom. The van der Waals surface area contributed by atoms with Crippen LogP contribution in [-0.2, 0) is 0 Å². The molecule has 1 nitrogen and oxygen atoms in total. The normalized spacial score (nSPS) is 9.40. The van der Waals surface area contributed by atoms with Gasteiger partial charge in [-0.3, -0.25) is 4.79 Å². The third-order valence-corrected chi connectivity index (χ3v) is 2.61. The Balaban J connectivity index is 0.000000288. The van der Waals surface area contributed by atoms with Gasteiger partial charge in [0.2, 0.25) is 0 Å². The van der Waals surface area contributed by atoms with Gasteiger partial charge in [0.05, 0.1) is 0 Å². The molecule has 0 bridgehead atoms. The van der Waals surface area contributed by atoms with E-state index in [0.717, 1.165) is 5.92 Å². The molecule has 0 fully saturated rings. The fourth-order valence-electron chi connectivity index (χ4n) is 0.858. The van der Waals surface area contributed by atoms with Crippen LogP contribution in [0.4, 0.5) is 0 Å². The molecule has 0 N–H and O–H groups in total. The van der Waals surface area contributed by atoms with E-state index in [0.29, 0.717) is 5.56 Å². The Kier molecular flexibility index (Phi) is 8.02. The highest BCUT2D eigenvalue weighted by atomic mass is 35.5. The van der Waals surface area contributed by atoms with Gasteiger partial charge in [-0.2, -0.15) is 0 Å². The summed E-state index contributed by atoms with van der Waals surface area (Å²) in [6.45, 7) is 6.74. The lowest BCUT2D eigenvalue weighted by Gasteiger charge is -1.98. The van der Waals surface area contributed by atoms with Crippen molar-refractivity contribution in [1.82, 2.24) is 0 Å². The Morgan fingerprint density at radius 2 is 1.67 bits per heavy atom. The number of hydrogen-bond donors (Lipinski definition) is 0. The van der Waals surface area contributed by atoms with Crippen molar-refractivity contribution < 1.29 is 4.79 Å². The van der Waals surface area contributed by atoms with Crippen molar-refractivity contribution in [3.05, 3.63) is 35.9 Å². The fraction of sp³-hybridized carbons (Fsp3) is 0.462. The summed E-state index contributed by atoms with van der Waals surface area (Å²) >= 11 is 5.16. The molecule has 15 heavy (non-hydrogen) atoms. The minimum atomic E-state index is -0.407. The van der Waals surface area contributed by atoms with Crippen molar-refractivity contribution in [3.63, 3.8) is 0 Å². The summed E-state index contributed by atoms with van der Waals surface area (Å²) in [5.74, 6) is 0.935. The molecule has 1 aromatic carbocycles. The van der Waals surface area contributed by atoms with E-state index in [-0.39, 0.29) is 0 Å². The van der Waals surface area contributed by atoms with Crippen LogP contribution >= 0.6 is 11.6 Å². The van der Waals surface area contributed by atoms with Crippen molar-refractivity contribution in [2.75, 3.05) is 0 Å². The summed E-state index contributed by atoms with van der Waals surface area (Å²) in [7, 11) is 0. The van der Waals surface area contributed by atoms with Crippen molar-refractivity contribution in [3.8, 4) is 0 Å². The molecule has 0 amide bonds. The molecule has 84 valence electrons. The third kappa shape index (κ3) is 7.15. The SMILES string of the molecule is CCC(C)CC.O=C(Cl)c1ccccc1. The second kappa shape index (κ2) is 8.49. The average molecular weight is 227 g/mol. The van der Waals surface area contributed by atoms with Gasteiger partial charge in [-0.1, -0.05) is 63.9 Å². The number of rotatable bonds is 3. The van der Waals surface area contributed by atoms with Crippen LogP contribution in [0.25, 0.3) is 0 Å². The first-order valence-electron chi connectivity index (χ1n) is 5.36. The van der Waals surface area contributed by atoms with Crippen molar-refractivity contribution in [1.29, 1.82) is 0 Å². The molecule has 0 unspecified atom stereocenters. The second-order valence-corrected chi connectivity index (χ2v) is 3.90. The van der Waals surface area contributed by atoms with Gasteiger partial charge in [-0.25, -0.2) is 0 Å². The molecule has 0 spiro atoms. The summed E-state index contributed by atoms with van der Waals surface area (Å²) in [5, 5.41) is -0.407. The lowest BCUT2D eigenvalue weighted by Crippen LogP contribution is -1.85. The summed E-state index contributed by atoms with van der Waals surface area (Å²) in [5.41, 5.74) is 0.541. The topological polar surface area (TPSA) is 17.1 Å². The lowest BCUT2D eigenvalue weighted by molar-refractivity contribution is 0.108. The number of hydrogen-bond acceptors (Lipinski definition) is 1. The van der Waals surface area contributed by atoms with Gasteiger partial charge >= 0.3 is 0 Å². The van der Waals surface area contributed by atoms with E-state index >= 15 is 0 Å². The summed E-state index contributed by atoms with van der Waals surface area (Å²) in [6, 6.07) is 8.74. The van der Waals surface area contributed by atoms with Gasteiger partial charge in [0.25, 0.3) is 5.24 Å². The molecule has 2 heteroatoms. The van der Waals surface area contributed by atoms with E-state index < -0.39 is 5.24 Å². The molecule has 0 aromatic heterocycles. The standard InChI is InChI=1S/C7H5ClO.C6H14/c8-7(9)6-4-2-1-3-5-6;1-4-6(3)5-2/h1-5H;6H,4-5H2,1-3H3. The zero-order valence-corrected chi connectivity index (χ0v) is 10.4. The minimum Gasteiger partial charge on any atom is -0.276 e. The van der Waals surface area contributed by atoms with E-state index in [4.69, 9.17) is 11.6 Å². The number of carbonyl (C=O) groups is 1. The smallest absolute Gasteiger partial charge is 0.252 e. The van der Waals surface area contributed by atoms with Gasteiger partial charge in [0.1, 0.15) is 0 Å². The zero-order valence-electron chi connectivity index (χ0n) is 9.66. The zero-order chi connectivity index (χ0) is 11.7. The molecule has 0 heterocycles. The van der Waals surface area contributed by atoms with Crippen LogP contribution < -0.4 is 0 Å². The van der Waals surface area contributed by atoms with Crippen LogP contribution in [-0.4, -0.2) is 5.24 Å². The molecular weight excluding hydrogens is 208 g/mol. The molecule has 0 aliphatic carbocycles. The molecule has 0 aliphatic rings. The maximum Gasteiger partial charge on any atom is 0.252 e. The maximum atomic E-state index is 10.4. The molecule has 0 saturated heterocycles. The largest absolute Gasteiger partial charge is 0.276 e. The number of halogens is 1. The Hall–Kier alpha value is -0.820. The van der Waals surface area contributed by atoms with Crippen LogP contribution in [0.5, 0.6) is 0 Å². The molecule has 1 aromatic rings. The summed E-state index contributed by atoms with van der Waals surface area (Å²) in [4.78, 5) is 10.4. The monoisotopic (exact) mass is 226 g/mol. The first kappa shape index (κ1) is 14.2. The van der Waals surface area contributed by atoms with Crippen LogP contribution in [0.15, 0.2) is 30.3 Å². The highest BCUT2D eigenvalue weighted by Gasteiger charge is 1.95. The van der Waals surface area contributed by atoms with Crippen LogP contribution in [0.2, 0.25) is 0 Å². The average Bonchev–Trinajstić information content (AvgIpc) is 2.30. The molecule has 0 radical (unpaired) electrons. The third-order valence-electron chi connectivity index (χ3n) is 2.39. The van der Waals surface area contributed by atoms with Crippen LogP contribution in [0.3, 0.4) is 0 Å². The van der Waals surface area contributed by atoms with Gasteiger partial charge in [-0.15, -0.1) is 0 Å². The second-order valence-electron chi connectivity index (χ2n) is 3.56. The fourth-order valence-corrected chi connectivity index (χ4v) is 0.984. The predicted octanol–water partition coefficient (Wildman–Crippen LogP) is 4.51. The summed E-state index contributed by atoms with van der Waals surface area (Å²) in [6.07, 6.45) is 2.66. The maximum absolute atomic E-state index is 10.4. The van der Waals surface area contributed by atoms with Crippen LogP contribution in [0, 0.1) is 5.92 Å². The molecule has 0 aliphatic heterocycles. The highest BCUT2D eigenvalue weighted by molar-refractivity contribution is 6.67. The van der Waals surface area contributed by atoms with Crippen molar-refractivity contribution >= 4 is 16.8 Å². The van der Waals surface area contributed by atoms with Gasteiger partial charge in [-0.05, 0) is 17.5 Å². The van der Waals surface area contributed by atoms with Crippen molar-refractivity contribution in [2.45, 2.75) is 33.6 Å². The van der Waals surface area contributed by atoms with E-state index in [2.05, 4.69) is 20.8 Å². The molecule has 0 atom stereocenters. The minimum absolute atomic E-state index is 0.407. The number of carbonyl (C=O) groups excluding carboxylic acids is 1. The Morgan fingerprint density at radius 1 is 1.20 bits per heavy atom. The molecule has 1 rings (SSSR count).